The van der Waals surface area contributed by atoms with E-state index in [1.54, 1.807) is 6.07 Å². The van der Waals surface area contributed by atoms with Crippen LogP contribution in [0.25, 0.3) is 0 Å². The molecule has 0 aliphatic heterocycles. The van der Waals surface area contributed by atoms with Crippen molar-refractivity contribution in [2.75, 3.05) is 5.88 Å². The van der Waals surface area contributed by atoms with E-state index in [0.717, 1.165) is 0 Å². The zero-order valence-corrected chi connectivity index (χ0v) is 5.50. The van der Waals surface area contributed by atoms with Crippen molar-refractivity contribution in [1.29, 1.82) is 5.26 Å². The summed E-state index contributed by atoms with van der Waals surface area (Å²) in [4.78, 5) is 0. The molecule has 2 nitrogen and oxygen atoms in total. The van der Waals surface area contributed by atoms with E-state index in [2.05, 4.69) is 0 Å². The second kappa shape index (κ2) is 3.59. The number of rotatable bonds is 1. The minimum Gasteiger partial charge on any atom is -0.399 e. The van der Waals surface area contributed by atoms with Crippen LogP contribution >= 0.6 is 23.2 Å². The molecule has 0 saturated heterocycles. The Kier molecular flexibility index (Phi) is 3.42. The van der Waals surface area contributed by atoms with Gasteiger partial charge in [-0.25, -0.2) is 0 Å². The number of nitrogens with two attached hydrogens (primary N) is 1. The maximum absolute atomic E-state index is 8.06. The van der Waals surface area contributed by atoms with Gasteiger partial charge in [0.25, 0.3) is 0 Å². The van der Waals surface area contributed by atoms with Crippen LogP contribution in [0.15, 0.2) is 10.7 Å². The summed E-state index contributed by atoms with van der Waals surface area (Å²) in [6.45, 7) is 0. The molecular weight excluding hydrogens is 147 g/mol. The van der Waals surface area contributed by atoms with Crippen molar-refractivity contribution < 1.29 is 0 Å². The standard InChI is InChI=1S/C4H4Cl2N2/c5-1-4(8)3(6)2-7/h1,8H2/b4-3-. The molecule has 0 heterocycles. The van der Waals surface area contributed by atoms with Crippen LogP contribution in [0.2, 0.25) is 0 Å². The van der Waals surface area contributed by atoms with Crippen LogP contribution < -0.4 is 5.73 Å². The Balaban J connectivity index is 4.10. The molecule has 0 rings (SSSR count). The average Bonchev–Trinajstić information content (AvgIpc) is 1.84. The highest BCUT2D eigenvalue weighted by molar-refractivity contribution is 6.33. The minimum atomic E-state index is -0.0278. The molecule has 0 unspecified atom stereocenters. The fourth-order valence-electron chi connectivity index (χ4n) is 0.130. The summed E-state index contributed by atoms with van der Waals surface area (Å²) < 4.78 is 0. The van der Waals surface area contributed by atoms with Crippen LogP contribution in [0.4, 0.5) is 0 Å². The van der Waals surface area contributed by atoms with Gasteiger partial charge in [-0.2, -0.15) is 5.26 Å². The first-order chi connectivity index (χ1) is 3.72. The molecule has 0 spiro atoms. The SMILES string of the molecule is N#C/C(Cl)=C(/N)CCl. The average molecular weight is 151 g/mol. The maximum Gasteiger partial charge on any atom is 0.138 e. The molecular formula is C4H4Cl2N2. The Bertz CT molecular complexity index is 145. The Morgan fingerprint density at radius 1 is 1.75 bits per heavy atom. The molecule has 8 heavy (non-hydrogen) atoms. The van der Waals surface area contributed by atoms with E-state index >= 15 is 0 Å². The second-order valence-electron chi connectivity index (χ2n) is 1.08. The molecule has 0 saturated carbocycles. The van der Waals surface area contributed by atoms with E-state index in [4.69, 9.17) is 34.2 Å². The van der Waals surface area contributed by atoms with Crippen LogP contribution in [-0.2, 0) is 0 Å². The third kappa shape index (κ3) is 2.06. The largest absolute Gasteiger partial charge is 0.399 e. The maximum atomic E-state index is 8.06. The third-order valence-corrected chi connectivity index (χ3v) is 1.14. The van der Waals surface area contributed by atoms with Gasteiger partial charge >= 0.3 is 0 Å². The van der Waals surface area contributed by atoms with Crippen molar-refractivity contribution in [3.8, 4) is 6.07 Å². The van der Waals surface area contributed by atoms with Crippen molar-refractivity contribution in [2.45, 2.75) is 0 Å². The minimum absolute atomic E-state index is 0.0278. The third-order valence-electron chi connectivity index (χ3n) is 0.524. The molecule has 0 aromatic heterocycles. The Morgan fingerprint density at radius 3 is 2.38 bits per heavy atom. The van der Waals surface area contributed by atoms with Crippen LogP contribution in [0, 0.1) is 11.3 Å². The number of hydrogen-bond donors (Lipinski definition) is 1. The predicted octanol–water partition coefficient (Wildman–Crippen LogP) is 1.16. The smallest absolute Gasteiger partial charge is 0.138 e. The summed E-state index contributed by atoms with van der Waals surface area (Å²) in [6, 6.07) is 1.65. The van der Waals surface area contributed by atoms with Gasteiger partial charge in [-0.1, -0.05) is 11.6 Å². The fraction of sp³-hybridized carbons (Fsp3) is 0.250. The lowest BCUT2D eigenvalue weighted by atomic mass is 10.5. The number of allylic oxidation sites excluding steroid dienone is 2. The molecule has 0 bridgehead atoms. The highest BCUT2D eigenvalue weighted by Crippen LogP contribution is 2.03. The highest BCUT2D eigenvalue weighted by Gasteiger charge is 1.93. The molecule has 0 atom stereocenters. The molecule has 0 fully saturated rings. The summed E-state index contributed by atoms with van der Waals surface area (Å²) in [5, 5.41) is 8.03. The lowest BCUT2D eigenvalue weighted by molar-refractivity contribution is 1.31. The highest BCUT2D eigenvalue weighted by atomic mass is 35.5. The van der Waals surface area contributed by atoms with Gasteiger partial charge in [0.15, 0.2) is 0 Å². The zero-order valence-electron chi connectivity index (χ0n) is 3.99. The fourth-order valence-corrected chi connectivity index (χ4v) is 0.399. The monoisotopic (exact) mass is 150 g/mol. The van der Waals surface area contributed by atoms with E-state index in [9.17, 15) is 0 Å². The van der Waals surface area contributed by atoms with Gasteiger partial charge in [0, 0.05) is 0 Å². The molecule has 0 radical (unpaired) electrons. The summed E-state index contributed by atoms with van der Waals surface area (Å²) in [5.74, 6) is 0.104. The van der Waals surface area contributed by atoms with Crippen molar-refractivity contribution in [1.82, 2.24) is 0 Å². The van der Waals surface area contributed by atoms with Crippen LogP contribution in [-0.4, -0.2) is 5.88 Å². The first kappa shape index (κ1) is 7.61. The molecule has 44 valence electrons. The second-order valence-corrected chi connectivity index (χ2v) is 1.73. The first-order valence-corrected chi connectivity index (χ1v) is 2.73. The van der Waals surface area contributed by atoms with Crippen molar-refractivity contribution in [3.05, 3.63) is 10.7 Å². The number of hydrogen-bond acceptors (Lipinski definition) is 2. The lowest BCUT2D eigenvalue weighted by Gasteiger charge is -1.89. The summed E-state index contributed by atoms with van der Waals surface area (Å²) in [7, 11) is 0. The summed E-state index contributed by atoms with van der Waals surface area (Å²) >= 11 is 10.4. The van der Waals surface area contributed by atoms with E-state index in [-0.39, 0.29) is 16.6 Å². The van der Waals surface area contributed by atoms with Gasteiger partial charge in [0.05, 0.1) is 11.6 Å². The van der Waals surface area contributed by atoms with Gasteiger partial charge < -0.3 is 5.73 Å². The van der Waals surface area contributed by atoms with Gasteiger partial charge in [-0.3, -0.25) is 0 Å². The summed E-state index contributed by atoms with van der Waals surface area (Å²) in [6.07, 6.45) is 0. The summed E-state index contributed by atoms with van der Waals surface area (Å²) in [5.41, 5.74) is 5.34. The van der Waals surface area contributed by atoms with Crippen molar-refractivity contribution >= 4 is 23.2 Å². The topological polar surface area (TPSA) is 49.8 Å². The Labute approximate surface area is 57.5 Å². The molecule has 4 heteroatoms. The normalized spacial score (nSPS) is 12.1. The van der Waals surface area contributed by atoms with Crippen LogP contribution in [0.1, 0.15) is 0 Å². The van der Waals surface area contributed by atoms with E-state index < -0.39 is 0 Å². The number of nitrogens with zero attached hydrogens (tertiary/aromatic N) is 1. The van der Waals surface area contributed by atoms with Crippen molar-refractivity contribution in [3.63, 3.8) is 0 Å². The Morgan fingerprint density at radius 2 is 2.25 bits per heavy atom. The number of nitriles is 1. The van der Waals surface area contributed by atoms with E-state index in [0.29, 0.717) is 0 Å². The number of alkyl halides is 1. The van der Waals surface area contributed by atoms with Crippen LogP contribution in [0.3, 0.4) is 0 Å². The molecule has 0 aliphatic rings. The molecule has 0 aliphatic carbocycles. The molecule has 0 aromatic carbocycles. The molecule has 0 aromatic rings. The Hall–Kier alpha value is -0.390. The molecule has 0 amide bonds. The number of halogens is 2. The van der Waals surface area contributed by atoms with Gasteiger partial charge in [-0.05, 0) is 0 Å². The van der Waals surface area contributed by atoms with E-state index in [1.807, 2.05) is 0 Å². The first-order valence-electron chi connectivity index (χ1n) is 1.82. The van der Waals surface area contributed by atoms with Crippen molar-refractivity contribution in [2.24, 2.45) is 5.73 Å². The zero-order chi connectivity index (χ0) is 6.57. The van der Waals surface area contributed by atoms with Gasteiger partial charge in [0.2, 0.25) is 0 Å². The van der Waals surface area contributed by atoms with Gasteiger partial charge in [-0.15, -0.1) is 11.6 Å². The quantitative estimate of drug-likeness (QED) is 0.451. The molecule has 2 N–H and O–H groups in total. The van der Waals surface area contributed by atoms with Gasteiger partial charge in [0.1, 0.15) is 11.1 Å². The predicted molar refractivity (Wildman–Crippen MR) is 33.4 cm³/mol. The van der Waals surface area contributed by atoms with Crippen LogP contribution in [0.5, 0.6) is 0 Å². The van der Waals surface area contributed by atoms with E-state index in [1.165, 1.54) is 0 Å². The lowest BCUT2D eigenvalue weighted by Crippen LogP contribution is -1.99.